The molecule has 0 heterocycles. The molecule has 2 rings (SSSR count). The van der Waals surface area contributed by atoms with E-state index >= 15 is 0 Å². The van der Waals surface area contributed by atoms with E-state index in [0.717, 1.165) is 12.1 Å². The van der Waals surface area contributed by atoms with Crippen LogP contribution in [-0.2, 0) is 6.18 Å². The smallest absolute Gasteiger partial charge is 0.288 e. The van der Waals surface area contributed by atoms with E-state index in [9.17, 15) is 31.1 Å². The summed E-state index contributed by atoms with van der Waals surface area (Å²) in [6.07, 6.45) is -4.98. The molecule has 0 N–H and O–H groups in total. The van der Waals surface area contributed by atoms with Crippen LogP contribution in [0.25, 0.3) is 0 Å². The molecular weight excluding hydrogens is 298 g/mol. The molecular formula is C14H6F6O. The van der Waals surface area contributed by atoms with E-state index in [1.807, 2.05) is 0 Å². The Labute approximate surface area is 114 Å². The van der Waals surface area contributed by atoms with E-state index in [2.05, 4.69) is 0 Å². The van der Waals surface area contributed by atoms with E-state index in [0.29, 0.717) is 24.3 Å². The maximum atomic E-state index is 13.8. The maximum Gasteiger partial charge on any atom is 0.419 e. The first kappa shape index (κ1) is 15.1. The summed E-state index contributed by atoms with van der Waals surface area (Å²) in [6, 6.07) is 3.85. The van der Waals surface area contributed by atoms with Gasteiger partial charge < -0.3 is 0 Å². The standard InChI is InChI=1S/C14H6F6O/c15-8-4-7(5-9(16)6-8)13(21)10-2-1-3-11(12(10)17)14(18,19)20/h1-6H. The van der Waals surface area contributed by atoms with Gasteiger partial charge in [0.15, 0.2) is 5.78 Å². The lowest BCUT2D eigenvalue weighted by molar-refractivity contribution is -0.140. The minimum absolute atomic E-state index is 0.471. The Morgan fingerprint density at radius 1 is 0.905 bits per heavy atom. The van der Waals surface area contributed by atoms with Crippen molar-refractivity contribution >= 4 is 5.78 Å². The molecule has 0 spiro atoms. The summed E-state index contributed by atoms with van der Waals surface area (Å²) in [5.41, 5.74) is -3.11. The van der Waals surface area contributed by atoms with Crippen LogP contribution in [0.1, 0.15) is 21.5 Å². The van der Waals surface area contributed by atoms with Crippen molar-refractivity contribution in [1.29, 1.82) is 0 Å². The van der Waals surface area contributed by atoms with Gasteiger partial charge in [-0.15, -0.1) is 0 Å². The van der Waals surface area contributed by atoms with E-state index in [1.165, 1.54) is 0 Å². The van der Waals surface area contributed by atoms with Gasteiger partial charge in [-0.05, 0) is 24.3 Å². The third-order valence-corrected chi connectivity index (χ3v) is 2.67. The van der Waals surface area contributed by atoms with Gasteiger partial charge in [0.2, 0.25) is 0 Å². The molecule has 2 aromatic carbocycles. The second kappa shape index (κ2) is 5.23. The summed E-state index contributed by atoms with van der Waals surface area (Å²) in [7, 11) is 0. The monoisotopic (exact) mass is 304 g/mol. The Hall–Kier alpha value is -2.31. The zero-order valence-corrected chi connectivity index (χ0v) is 10.1. The highest BCUT2D eigenvalue weighted by atomic mass is 19.4. The average Bonchev–Trinajstić information content (AvgIpc) is 2.35. The van der Waals surface area contributed by atoms with Crippen LogP contribution >= 0.6 is 0 Å². The third-order valence-electron chi connectivity index (χ3n) is 2.67. The van der Waals surface area contributed by atoms with Gasteiger partial charge in [0.25, 0.3) is 0 Å². The van der Waals surface area contributed by atoms with Crippen molar-refractivity contribution in [1.82, 2.24) is 0 Å². The number of rotatable bonds is 2. The predicted molar refractivity (Wildman–Crippen MR) is 61.2 cm³/mol. The average molecular weight is 304 g/mol. The second-order valence-electron chi connectivity index (χ2n) is 4.15. The van der Waals surface area contributed by atoms with Crippen molar-refractivity contribution in [2.24, 2.45) is 0 Å². The molecule has 0 aliphatic carbocycles. The lowest BCUT2D eigenvalue weighted by atomic mass is 10.00. The summed E-state index contributed by atoms with van der Waals surface area (Å²) >= 11 is 0. The van der Waals surface area contributed by atoms with Crippen molar-refractivity contribution in [2.45, 2.75) is 6.18 Å². The van der Waals surface area contributed by atoms with Gasteiger partial charge in [0.05, 0.1) is 11.1 Å². The highest BCUT2D eigenvalue weighted by Gasteiger charge is 2.35. The molecule has 0 aliphatic rings. The first-order chi connectivity index (χ1) is 9.70. The van der Waals surface area contributed by atoms with Gasteiger partial charge in [-0.3, -0.25) is 4.79 Å². The number of benzene rings is 2. The fourth-order valence-electron chi connectivity index (χ4n) is 1.77. The van der Waals surface area contributed by atoms with E-state index in [1.54, 1.807) is 0 Å². The van der Waals surface area contributed by atoms with Gasteiger partial charge in [0.1, 0.15) is 17.5 Å². The number of alkyl halides is 3. The fourth-order valence-corrected chi connectivity index (χ4v) is 1.77. The number of halogens is 6. The Kier molecular flexibility index (Phi) is 3.76. The second-order valence-corrected chi connectivity index (χ2v) is 4.15. The predicted octanol–water partition coefficient (Wildman–Crippen LogP) is 4.35. The minimum Gasteiger partial charge on any atom is -0.288 e. The lowest BCUT2D eigenvalue weighted by Gasteiger charge is -2.10. The molecule has 0 unspecified atom stereocenters. The first-order valence-electron chi connectivity index (χ1n) is 5.56. The Morgan fingerprint density at radius 2 is 1.48 bits per heavy atom. The van der Waals surface area contributed by atoms with Crippen LogP contribution in [0.3, 0.4) is 0 Å². The van der Waals surface area contributed by atoms with Crippen LogP contribution in [0.2, 0.25) is 0 Å². The Balaban J connectivity index is 2.54. The van der Waals surface area contributed by atoms with E-state index < -0.39 is 46.1 Å². The van der Waals surface area contributed by atoms with Crippen LogP contribution in [0.4, 0.5) is 26.3 Å². The normalized spacial score (nSPS) is 11.5. The van der Waals surface area contributed by atoms with E-state index in [4.69, 9.17) is 0 Å². The molecule has 0 amide bonds. The molecule has 1 nitrogen and oxygen atoms in total. The van der Waals surface area contributed by atoms with Crippen molar-refractivity contribution in [3.05, 3.63) is 70.5 Å². The van der Waals surface area contributed by atoms with E-state index in [-0.39, 0.29) is 0 Å². The largest absolute Gasteiger partial charge is 0.419 e. The number of hydrogen-bond donors (Lipinski definition) is 0. The quantitative estimate of drug-likeness (QED) is 0.595. The summed E-state index contributed by atoms with van der Waals surface area (Å²) < 4.78 is 77.4. The minimum atomic E-state index is -4.98. The van der Waals surface area contributed by atoms with Gasteiger partial charge in [0, 0.05) is 11.6 Å². The van der Waals surface area contributed by atoms with Crippen LogP contribution in [-0.4, -0.2) is 5.78 Å². The molecule has 0 saturated carbocycles. The van der Waals surface area contributed by atoms with Crippen LogP contribution in [0.15, 0.2) is 36.4 Å². The highest BCUT2D eigenvalue weighted by molar-refractivity contribution is 6.09. The molecule has 0 saturated heterocycles. The van der Waals surface area contributed by atoms with Gasteiger partial charge in [-0.25, -0.2) is 13.2 Å². The van der Waals surface area contributed by atoms with Crippen molar-refractivity contribution in [3.8, 4) is 0 Å². The first-order valence-corrected chi connectivity index (χ1v) is 5.56. The zero-order chi connectivity index (χ0) is 15.8. The highest BCUT2D eigenvalue weighted by Crippen LogP contribution is 2.33. The summed E-state index contributed by atoms with van der Waals surface area (Å²) in [4.78, 5) is 11.9. The van der Waals surface area contributed by atoms with Crippen molar-refractivity contribution in [3.63, 3.8) is 0 Å². The third kappa shape index (κ3) is 3.07. The Bertz CT molecular complexity index is 685. The summed E-state index contributed by atoms with van der Waals surface area (Å²) in [5, 5.41) is 0. The van der Waals surface area contributed by atoms with Crippen LogP contribution < -0.4 is 0 Å². The Morgan fingerprint density at radius 3 is 2.00 bits per heavy atom. The van der Waals surface area contributed by atoms with Crippen LogP contribution in [0.5, 0.6) is 0 Å². The topological polar surface area (TPSA) is 17.1 Å². The molecule has 7 heteroatoms. The van der Waals surface area contributed by atoms with Gasteiger partial charge >= 0.3 is 6.18 Å². The lowest BCUT2D eigenvalue weighted by Crippen LogP contribution is -2.13. The molecule has 0 aromatic heterocycles. The molecule has 21 heavy (non-hydrogen) atoms. The molecule has 0 radical (unpaired) electrons. The number of ketones is 1. The summed E-state index contributed by atoms with van der Waals surface area (Å²) in [5.74, 6) is -5.20. The molecule has 0 bridgehead atoms. The molecule has 0 aliphatic heterocycles. The molecule has 110 valence electrons. The zero-order valence-electron chi connectivity index (χ0n) is 10.1. The maximum absolute atomic E-state index is 13.8. The summed E-state index contributed by atoms with van der Waals surface area (Å²) in [6.45, 7) is 0. The van der Waals surface area contributed by atoms with Gasteiger partial charge in [-0.1, -0.05) is 6.07 Å². The fraction of sp³-hybridized carbons (Fsp3) is 0.0714. The number of hydrogen-bond acceptors (Lipinski definition) is 1. The molecule has 0 atom stereocenters. The molecule has 2 aromatic rings. The van der Waals surface area contributed by atoms with Crippen molar-refractivity contribution in [2.75, 3.05) is 0 Å². The van der Waals surface area contributed by atoms with Gasteiger partial charge in [-0.2, -0.15) is 13.2 Å². The van der Waals surface area contributed by atoms with Crippen molar-refractivity contribution < 1.29 is 31.1 Å². The van der Waals surface area contributed by atoms with Crippen LogP contribution in [0, 0.1) is 17.5 Å². The molecule has 0 fully saturated rings. The number of carbonyl (C=O) groups excluding carboxylic acids is 1. The SMILES string of the molecule is O=C(c1cc(F)cc(F)c1)c1cccc(C(F)(F)F)c1F. The number of carbonyl (C=O) groups is 1.